The Morgan fingerprint density at radius 2 is 1.78 bits per heavy atom. The Bertz CT molecular complexity index is 439. The van der Waals surface area contributed by atoms with E-state index in [2.05, 4.69) is 10.1 Å². The number of ketones is 1. The first-order chi connectivity index (χ1) is 8.31. The summed E-state index contributed by atoms with van der Waals surface area (Å²) in [5.74, 6) is -2.56. The predicted octanol–water partition coefficient (Wildman–Crippen LogP) is -0.548. The third-order valence-corrected chi connectivity index (χ3v) is 2.08. The van der Waals surface area contributed by atoms with Crippen LogP contribution in [0.2, 0.25) is 0 Å². The molecular formula is C11H13NO6. The zero-order valence-corrected chi connectivity index (χ0v) is 10.2. The number of Topliss-reactive ketones (excluding diaryl/α,β-unsaturated/α-hetero) is 1. The second-order valence-electron chi connectivity index (χ2n) is 3.74. The van der Waals surface area contributed by atoms with Crippen molar-refractivity contribution in [3.05, 3.63) is 11.8 Å². The number of carbonyl (C=O) groups is 4. The molecule has 0 aromatic carbocycles. The highest BCUT2D eigenvalue weighted by Gasteiger charge is 2.40. The molecule has 0 heterocycles. The van der Waals surface area contributed by atoms with Gasteiger partial charge in [-0.15, -0.1) is 0 Å². The second-order valence-corrected chi connectivity index (χ2v) is 3.74. The molecule has 0 radical (unpaired) electrons. The molecular weight excluding hydrogens is 242 g/mol. The fourth-order valence-corrected chi connectivity index (χ4v) is 1.53. The van der Waals surface area contributed by atoms with E-state index in [4.69, 9.17) is 4.74 Å². The molecule has 1 rings (SSSR count). The van der Waals surface area contributed by atoms with E-state index >= 15 is 0 Å². The first-order valence-electron chi connectivity index (χ1n) is 5.20. The third kappa shape index (κ3) is 3.41. The van der Waals surface area contributed by atoms with Crippen LogP contribution < -0.4 is 5.32 Å². The molecule has 0 unspecified atom stereocenters. The summed E-state index contributed by atoms with van der Waals surface area (Å²) in [6.07, 6.45) is 0.236. The summed E-state index contributed by atoms with van der Waals surface area (Å²) in [6, 6.07) is -1.05. The van der Waals surface area contributed by atoms with Gasteiger partial charge in [0.15, 0.2) is 11.9 Å². The molecule has 7 nitrogen and oxygen atoms in total. The molecule has 0 bridgehead atoms. The lowest BCUT2D eigenvalue weighted by Gasteiger charge is -2.17. The van der Waals surface area contributed by atoms with Crippen molar-refractivity contribution in [2.45, 2.75) is 32.9 Å². The summed E-state index contributed by atoms with van der Waals surface area (Å²) in [5, 5.41) is 2.34. The number of hydrogen-bond acceptors (Lipinski definition) is 6. The van der Waals surface area contributed by atoms with Crippen molar-refractivity contribution in [1.29, 1.82) is 0 Å². The number of amides is 1. The Balaban J connectivity index is 2.90. The van der Waals surface area contributed by atoms with Crippen LogP contribution >= 0.6 is 0 Å². The highest BCUT2D eigenvalue weighted by Crippen LogP contribution is 2.20. The van der Waals surface area contributed by atoms with Gasteiger partial charge >= 0.3 is 11.9 Å². The lowest BCUT2D eigenvalue weighted by molar-refractivity contribution is -0.147. The van der Waals surface area contributed by atoms with Crippen LogP contribution in [0.5, 0.6) is 0 Å². The Kier molecular flexibility index (Phi) is 4.19. The van der Waals surface area contributed by atoms with Gasteiger partial charge in [-0.05, 0) is 0 Å². The monoisotopic (exact) mass is 255 g/mol. The van der Waals surface area contributed by atoms with E-state index in [-0.39, 0.29) is 5.76 Å². The molecule has 1 aliphatic rings. The molecule has 0 fully saturated rings. The van der Waals surface area contributed by atoms with Gasteiger partial charge in [0, 0.05) is 26.8 Å². The van der Waals surface area contributed by atoms with Gasteiger partial charge in [-0.1, -0.05) is 0 Å². The van der Waals surface area contributed by atoms with Gasteiger partial charge in [0.05, 0.1) is 0 Å². The molecule has 0 saturated heterocycles. The number of rotatable bonds is 3. The maximum absolute atomic E-state index is 11.8. The smallest absolute Gasteiger partial charge is 0.308 e. The molecule has 0 saturated carbocycles. The van der Waals surface area contributed by atoms with Crippen LogP contribution in [0, 0.1) is 0 Å². The molecule has 1 aliphatic carbocycles. The van der Waals surface area contributed by atoms with E-state index in [1.807, 2.05) is 0 Å². The van der Waals surface area contributed by atoms with Crippen LogP contribution in [0.3, 0.4) is 0 Å². The lowest BCUT2D eigenvalue weighted by Crippen LogP contribution is -2.45. The lowest BCUT2D eigenvalue weighted by atomic mass is 10.2. The van der Waals surface area contributed by atoms with E-state index < -0.39 is 35.8 Å². The zero-order chi connectivity index (χ0) is 13.9. The Morgan fingerprint density at radius 1 is 1.17 bits per heavy atom. The van der Waals surface area contributed by atoms with Gasteiger partial charge in [0.25, 0.3) is 0 Å². The highest BCUT2D eigenvalue weighted by molar-refractivity contribution is 6.04. The van der Waals surface area contributed by atoms with Crippen LogP contribution in [0.25, 0.3) is 0 Å². The van der Waals surface area contributed by atoms with Crippen LogP contribution in [-0.2, 0) is 28.7 Å². The molecule has 0 aliphatic heterocycles. The highest BCUT2D eigenvalue weighted by atomic mass is 16.6. The maximum Gasteiger partial charge on any atom is 0.308 e. The van der Waals surface area contributed by atoms with Gasteiger partial charge in [-0.3, -0.25) is 19.2 Å². The fourth-order valence-electron chi connectivity index (χ4n) is 1.53. The molecule has 18 heavy (non-hydrogen) atoms. The molecule has 2 atom stereocenters. The van der Waals surface area contributed by atoms with Crippen molar-refractivity contribution in [2.24, 2.45) is 0 Å². The van der Waals surface area contributed by atoms with Gasteiger partial charge in [0.2, 0.25) is 11.7 Å². The Morgan fingerprint density at radius 3 is 2.22 bits per heavy atom. The van der Waals surface area contributed by atoms with Gasteiger partial charge in [0.1, 0.15) is 6.04 Å². The number of ether oxygens (including phenoxy) is 2. The quantitative estimate of drug-likeness (QED) is 0.679. The van der Waals surface area contributed by atoms with Crippen molar-refractivity contribution < 1.29 is 28.7 Å². The van der Waals surface area contributed by atoms with Gasteiger partial charge in [-0.2, -0.15) is 0 Å². The number of esters is 2. The first-order valence-corrected chi connectivity index (χ1v) is 5.20. The molecule has 0 spiro atoms. The molecule has 98 valence electrons. The van der Waals surface area contributed by atoms with E-state index in [1.54, 1.807) is 0 Å². The molecule has 0 aromatic rings. The number of carbonyl (C=O) groups excluding carboxylic acids is 4. The van der Waals surface area contributed by atoms with E-state index in [0.29, 0.717) is 0 Å². The Labute approximate surface area is 103 Å². The normalized spacial score (nSPS) is 22.2. The zero-order valence-electron chi connectivity index (χ0n) is 10.2. The average Bonchev–Trinajstić information content (AvgIpc) is 2.44. The summed E-state index contributed by atoms with van der Waals surface area (Å²) in [4.78, 5) is 44.5. The summed E-state index contributed by atoms with van der Waals surface area (Å²) < 4.78 is 9.54. The van der Waals surface area contributed by atoms with E-state index in [1.165, 1.54) is 19.9 Å². The third-order valence-electron chi connectivity index (χ3n) is 2.08. The van der Waals surface area contributed by atoms with Crippen LogP contribution in [0.15, 0.2) is 11.8 Å². The second kappa shape index (κ2) is 5.44. The summed E-state index contributed by atoms with van der Waals surface area (Å²) in [6.45, 7) is 3.54. The van der Waals surface area contributed by atoms with Crippen LogP contribution in [-0.4, -0.2) is 35.8 Å². The molecule has 7 heteroatoms. The predicted molar refractivity (Wildman–Crippen MR) is 58.0 cm³/mol. The topological polar surface area (TPSA) is 98.8 Å². The Hall–Kier alpha value is -2.18. The average molecular weight is 255 g/mol. The summed E-state index contributed by atoms with van der Waals surface area (Å²) in [5.41, 5.74) is 0. The molecule has 1 N–H and O–H groups in total. The van der Waals surface area contributed by atoms with Crippen LogP contribution in [0.4, 0.5) is 0 Å². The van der Waals surface area contributed by atoms with Gasteiger partial charge in [-0.25, -0.2) is 0 Å². The number of hydrogen-bond donors (Lipinski definition) is 1. The van der Waals surface area contributed by atoms with Crippen molar-refractivity contribution in [3.63, 3.8) is 0 Å². The van der Waals surface area contributed by atoms with Crippen LogP contribution in [0.1, 0.15) is 20.8 Å². The van der Waals surface area contributed by atoms with Gasteiger partial charge < -0.3 is 14.8 Å². The minimum atomic E-state index is -1.05. The largest absolute Gasteiger partial charge is 0.455 e. The molecule has 0 aromatic heterocycles. The van der Waals surface area contributed by atoms with Crippen molar-refractivity contribution >= 4 is 23.6 Å². The van der Waals surface area contributed by atoms with Crippen molar-refractivity contribution in [1.82, 2.24) is 5.32 Å². The fraction of sp³-hybridized carbons (Fsp3) is 0.455. The maximum atomic E-state index is 11.8. The summed E-state index contributed by atoms with van der Waals surface area (Å²) in [7, 11) is 0. The number of nitrogens with one attached hydrogen (secondary N) is 1. The van der Waals surface area contributed by atoms with Crippen molar-refractivity contribution in [3.8, 4) is 0 Å². The van der Waals surface area contributed by atoms with E-state index in [9.17, 15) is 19.2 Å². The summed E-state index contributed by atoms with van der Waals surface area (Å²) >= 11 is 0. The molecule has 1 amide bonds. The standard InChI is InChI=1S/C11H13NO6/c1-5(13)12-10-8(17-6(2)14)4-9(11(10)16)18-7(3)15/h4,8,10H,1-3H3,(H,12,13)/t8-,10+/m0/s1. The minimum Gasteiger partial charge on any atom is -0.455 e. The first kappa shape index (κ1) is 13.9. The van der Waals surface area contributed by atoms with E-state index in [0.717, 1.165) is 6.92 Å². The SMILES string of the molecule is CC(=O)N[C@H]1C(=O)C(OC(C)=O)=C[C@@H]1OC(C)=O. The minimum absolute atomic E-state index is 0.229. The van der Waals surface area contributed by atoms with Crippen molar-refractivity contribution in [2.75, 3.05) is 0 Å².